The summed E-state index contributed by atoms with van der Waals surface area (Å²) in [5.74, 6) is -3.37. The molecule has 2 aromatic heterocycles. The fraction of sp³-hybridized carbons (Fsp3) is 0.545. The Morgan fingerprint density at radius 2 is 1.23 bits per heavy atom. The van der Waals surface area contributed by atoms with Crippen LogP contribution in [0.25, 0.3) is 0 Å². The molecule has 3 N–H and O–H groups in total. The second-order valence-corrected chi connectivity index (χ2v) is 6.51. The summed E-state index contributed by atoms with van der Waals surface area (Å²) in [6, 6.07) is 0. The van der Waals surface area contributed by atoms with Crippen molar-refractivity contribution in [2.75, 3.05) is 32.9 Å². The molecule has 0 unspecified atom stereocenters. The maximum Gasteiger partial charge on any atom is 0.417 e. The minimum atomic E-state index is -0.927. The van der Waals surface area contributed by atoms with Crippen LogP contribution in [0, 0.1) is 0 Å². The highest BCUT2D eigenvalue weighted by Crippen LogP contribution is 1.89. The molecule has 0 atom stereocenters. The van der Waals surface area contributed by atoms with Gasteiger partial charge in [-0.05, 0) is 40.2 Å². The third-order valence-corrected chi connectivity index (χ3v) is 3.80. The zero-order chi connectivity index (χ0) is 26.3. The Balaban J connectivity index is 0.000000526. The number of ether oxygens (including phenoxy) is 3. The zero-order valence-corrected chi connectivity index (χ0v) is 20.6. The number of hydrogen-bond acceptors (Lipinski definition) is 10. The fourth-order valence-electron chi connectivity index (χ4n) is 2.22. The molecule has 13 nitrogen and oxygen atoms in total. The number of amides is 1. The van der Waals surface area contributed by atoms with Crippen LogP contribution in [0.5, 0.6) is 0 Å². The van der Waals surface area contributed by atoms with Crippen LogP contribution in [0.2, 0.25) is 0 Å². The van der Waals surface area contributed by atoms with Crippen LogP contribution in [0.3, 0.4) is 0 Å². The molecule has 196 valence electrons. The molecule has 0 saturated carbocycles. The van der Waals surface area contributed by atoms with E-state index in [1.54, 1.807) is 45.8 Å². The number of nitrogens with zero attached hydrogens (tertiary/aromatic N) is 4. The molecule has 13 heteroatoms. The molecule has 35 heavy (non-hydrogen) atoms. The van der Waals surface area contributed by atoms with E-state index in [1.807, 2.05) is 21.5 Å². The number of aromatic nitrogens is 4. The maximum atomic E-state index is 11.1. The average molecular weight is 497 g/mol. The summed E-state index contributed by atoms with van der Waals surface area (Å²) in [5.41, 5.74) is 5.31. The van der Waals surface area contributed by atoms with Crippen LogP contribution in [0.15, 0.2) is 37.4 Å². The Morgan fingerprint density at radius 1 is 0.771 bits per heavy atom. The van der Waals surface area contributed by atoms with Gasteiger partial charge in [0.2, 0.25) is 0 Å². The Kier molecular flexibility index (Phi) is 18.6. The highest BCUT2D eigenvalue weighted by atomic mass is 16.6. The lowest BCUT2D eigenvalue weighted by Gasteiger charge is -2.04. The van der Waals surface area contributed by atoms with Gasteiger partial charge in [0.25, 0.3) is 0 Å². The van der Waals surface area contributed by atoms with Gasteiger partial charge in [-0.2, -0.15) is 0 Å². The third kappa shape index (κ3) is 16.5. The number of esters is 3. The Labute approximate surface area is 204 Å². The lowest BCUT2D eigenvalue weighted by Crippen LogP contribution is -2.33. The van der Waals surface area contributed by atoms with Gasteiger partial charge in [-0.25, -0.2) is 24.4 Å². The van der Waals surface area contributed by atoms with Crippen molar-refractivity contribution in [3.05, 3.63) is 37.4 Å². The molecule has 0 aromatic carbocycles. The van der Waals surface area contributed by atoms with E-state index in [-0.39, 0.29) is 19.8 Å². The van der Waals surface area contributed by atoms with Crippen LogP contribution < -0.4 is 11.1 Å². The van der Waals surface area contributed by atoms with Crippen molar-refractivity contribution < 1.29 is 33.4 Å². The highest BCUT2D eigenvalue weighted by molar-refractivity contribution is 6.32. The first kappa shape index (κ1) is 31.3. The van der Waals surface area contributed by atoms with Crippen LogP contribution >= 0.6 is 0 Å². The molecule has 0 aliphatic carbocycles. The molecule has 1 amide bonds. The van der Waals surface area contributed by atoms with Crippen LogP contribution in [0.1, 0.15) is 33.6 Å². The summed E-state index contributed by atoms with van der Waals surface area (Å²) in [6.45, 7) is 8.42. The molecule has 2 heterocycles. The van der Waals surface area contributed by atoms with Gasteiger partial charge in [0.05, 0.1) is 32.5 Å². The Hall–Kier alpha value is -3.74. The quantitative estimate of drug-likeness (QED) is 0.202. The molecule has 0 aliphatic rings. The van der Waals surface area contributed by atoms with Gasteiger partial charge in [-0.1, -0.05) is 0 Å². The number of aryl methyl sites for hydroxylation is 2. The van der Waals surface area contributed by atoms with Crippen LogP contribution in [-0.4, -0.2) is 75.8 Å². The second-order valence-electron chi connectivity index (χ2n) is 6.51. The normalized spacial score (nSPS) is 9.49. The molecular weight excluding hydrogens is 460 g/mol. The molecule has 0 spiro atoms. The van der Waals surface area contributed by atoms with Gasteiger partial charge in [-0.15, -0.1) is 0 Å². The summed E-state index contributed by atoms with van der Waals surface area (Å²) in [5, 5.41) is 2.48. The van der Waals surface area contributed by atoms with Crippen molar-refractivity contribution in [3.8, 4) is 0 Å². The molecule has 2 rings (SSSR count). The van der Waals surface area contributed by atoms with Crippen LogP contribution in [0.4, 0.5) is 0 Å². The summed E-state index contributed by atoms with van der Waals surface area (Å²) in [4.78, 5) is 50.7. The number of carbonyl (C=O) groups excluding carboxylic acids is 4. The first-order valence-electron chi connectivity index (χ1n) is 11.3. The highest BCUT2D eigenvalue weighted by Gasteiger charge is 2.14. The van der Waals surface area contributed by atoms with Crippen molar-refractivity contribution in [1.29, 1.82) is 0 Å². The molecule has 0 bridgehead atoms. The first-order valence-corrected chi connectivity index (χ1v) is 11.3. The van der Waals surface area contributed by atoms with E-state index in [1.165, 1.54) is 0 Å². The second kappa shape index (κ2) is 20.8. The molecule has 0 radical (unpaired) electrons. The van der Waals surface area contributed by atoms with E-state index in [0.717, 1.165) is 32.5 Å². The lowest BCUT2D eigenvalue weighted by molar-refractivity contribution is -0.167. The number of nitrogens with two attached hydrogens (primary N) is 1. The summed E-state index contributed by atoms with van der Waals surface area (Å²) >= 11 is 0. The van der Waals surface area contributed by atoms with Crippen molar-refractivity contribution >= 4 is 23.8 Å². The van der Waals surface area contributed by atoms with Crippen molar-refractivity contribution in [3.63, 3.8) is 0 Å². The third-order valence-electron chi connectivity index (χ3n) is 3.80. The molecule has 0 aliphatic heterocycles. The van der Waals surface area contributed by atoms with Gasteiger partial charge in [0.15, 0.2) is 0 Å². The average Bonchev–Trinajstić information content (AvgIpc) is 3.56. The number of imidazole rings is 2. The van der Waals surface area contributed by atoms with E-state index in [4.69, 9.17) is 5.73 Å². The van der Waals surface area contributed by atoms with Crippen molar-refractivity contribution in [2.24, 2.45) is 5.73 Å². The largest absolute Gasteiger partial charge is 0.459 e. The van der Waals surface area contributed by atoms with E-state index in [2.05, 4.69) is 29.5 Å². The standard InChI is InChI=1S/C10H15N3O3.C6H11N3.C6H10O4/c1-2-16-10(15)9(14)12-4-3-6-13-7-5-11-8-13;7-2-1-4-9-5-3-8-6-9;1-3-9-5(7)6(8)10-4-2/h5,7-8H,2-4,6H2,1H3,(H,12,14);3,5-6H,1-2,4,7H2;3-4H2,1-2H3. The van der Waals surface area contributed by atoms with Gasteiger partial charge in [-0.3, -0.25) is 4.79 Å². The number of rotatable bonds is 10. The zero-order valence-electron chi connectivity index (χ0n) is 20.6. The predicted octanol–water partition coefficient (Wildman–Crippen LogP) is 0.297. The Bertz CT molecular complexity index is 809. The molecule has 0 saturated heterocycles. The summed E-state index contributed by atoms with van der Waals surface area (Å²) in [7, 11) is 0. The molecular formula is C22H36N6O7. The minimum absolute atomic E-state index is 0.192. The number of hydrogen-bond donors (Lipinski definition) is 2. The smallest absolute Gasteiger partial charge is 0.417 e. The number of carbonyl (C=O) groups is 4. The van der Waals surface area contributed by atoms with Crippen molar-refractivity contribution in [1.82, 2.24) is 24.4 Å². The topological polar surface area (TPSA) is 170 Å². The minimum Gasteiger partial charge on any atom is -0.459 e. The lowest BCUT2D eigenvalue weighted by atomic mass is 10.4. The number of nitrogens with one attached hydrogen (secondary N) is 1. The predicted molar refractivity (Wildman–Crippen MR) is 126 cm³/mol. The molecule has 0 fully saturated rings. The summed E-state index contributed by atoms with van der Waals surface area (Å²) in [6.07, 6.45) is 12.5. The van der Waals surface area contributed by atoms with E-state index in [0.29, 0.717) is 6.54 Å². The van der Waals surface area contributed by atoms with E-state index >= 15 is 0 Å². The monoisotopic (exact) mass is 496 g/mol. The van der Waals surface area contributed by atoms with E-state index < -0.39 is 23.8 Å². The van der Waals surface area contributed by atoms with Gasteiger partial charge in [0.1, 0.15) is 0 Å². The van der Waals surface area contributed by atoms with Crippen LogP contribution in [-0.2, 0) is 46.5 Å². The molecule has 2 aromatic rings. The maximum absolute atomic E-state index is 11.1. The van der Waals surface area contributed by atoms with Gasteiger partial charge >= 0.3 is 23.8 Å². The van der Waals surface area contributed by atoms with Gasteiger partial charge in [0, 0.05) is 44.4 Å². The Morgan fingerprint density at radius 3 is 1.63 bits per heavy atom. The fourth-order valence-corrected chi connectivity index (χ4v) is 2.22. The SMILES string of the molecule is CCOC(=O)C(=O)NCCCn1ccnc1.CCOC(=O)C(=O)OCC.NCCCn1ccnc1. The van der Waals surface area contributed by atoms with E-state index in [9.17, 15) is 19.2 Å². The first-order chi connectivity index (χ1) is 16.9. The summed E-state index contributed by atoms with van der Waals surface area (Å²) < 4.78 is 17.1. The van der Waals surface area contributed by atoms with Crippen molar-refractivity contribution in [2.45, 2.75) is 46.7 Å². The van der Waals surface area contributed by atoms with Gasteiger partial charge < -0.3 is 34.4 Å².